The van der Waals surface area contributed by atoms with Crippen LogP contribution in [0.4, 0.5) is 0 Å². The molecule has 1 aliphatic heterocycles. The minimum absolute atomic E-state index is 0.611. The molecule has 0 aliphatic carbocycles. The number of thioether (sulfide) groups is 1. The van der Waals surface area contributed by atoms with E-state index in [0.29, 0.717) is 13.2 Å². The van der Waals surface area contributed by atoms with Crippen molar-refractivity contribution in [2.45, 2.75) is 10.6 Å². The van der Waals surface area contributed by atoms with Gasteiger partial charge >= 0.3 is 0 Å². The molecule has 0 radical (unpaired) electrons. The first-order valence-electron chi connectivity index (χ1n) is 6.19. The minimum atomic E-state index is 0.611. The summed E-state index contributed by atoms with van der Waals surface area (Å²) in [5, 5.41) is 0.782. The van der Waals surface area contributed by atoms with Crippen LogP contribution in [0.5, 0.6) is 11.5 Å². The summed E-state index contributed by atoms with van der Waals surface area (Å²) >= 11 is 11.4. The normalized spacial score (nSPS) is 13.3. The number of hydrogen-bond acceptors (Lipinski definition) is 3. The molecule has 2 aromatic carbocycles. The first kappa shape index (κ1) is 14.1. The standard InChI is InChI=1S/C15H12BrClO2S/c16-11-2-1-10(13(17)7-11)9-20-12-3-4-14-15(8-12)19-6-5-18-14/h1-4,7-8H,5-6,9H2. The van der Waals surface area contributed by atoms with Gasteiger partial charge in [0.05, 0.1) is 0 Å². The lowest BCUT2D eigenvalue weighted by molar-refractivity contribution is 0.171. The molecule has 0 atom stereocenters. The second-order valence-electron chi connectivity index (χ2n) is 4.33. The summed E-state index contributed by atoms with van der Waals surface area (Å²) in [5.74, 6) is 2.47. The Morgan fingerprint density at radius 1 is 1.05 bits per heavy atom. The van der Waals surface area contributed by atoms with Gasteiger partial charge in [-0.2, -0.15) is 0 Å². The van der Waals surface area contributed by atoms with Crippen LogP contribution in [-0.2, 0) is 5.75 Å². The average Bonchev–Trinajstić information content (AvgIpc) is 2.46. The Kier molecular flexibility index (Phi) is 4.44. The smallest absolute Gasteiger partial charge is 0.162 e. The van der Waals surface area contributed by atoms with E-state index in [1.54, 1.807) is 11.8 Å². The Morgan fingerprint density at radius 2 is 1.85 bits per heavy atom. The number of fused-ring (bicyclic) bond motifs is 1. The van der Waals surface area contributed by atoms with Gasteiger partial charge in [0.2, 0.25) is 0 Å². The number of rotatable bonds is 3. The van der Waals surface area contributed by atoms with Gasteiger partial charge in [-0.25, -0.2) is 0 Å². The van der Waals surface area contributed by atoms with Gasteiger partial charge in [0.1, 0.15) is 13.2 Å². The monoisotopic (exact) mass is 370 g/mol. The fourth-order valence-electron chi connectivity index (χ4n) is 1.91. The highest BCUT2D eigenvalue weighted by Crippen LogP contribution is 2.36. The summed E-state index contributed by atoms with van der Waals surface area (Å²) in [6.07, 6.45) is 0. The summed E-state index contributed by atoms with van der Waals surface area (Å²) < 4.78 is 12.1. The Balaban J connectivity index is 1.72. The zero-order chi connectivity index (χ0) is 13.9. The first-order valence-corrected chi connectivity index (χ1v) is 8.34. The number of hydrogen-bond donors (Lipinski definition) is 0. The lowest BCUT2D eigenvalue weighted by atomic mass is 10.2. The van der Waals surface area contributed by atoms with Crippen molar-refractivity contribution in [1.82, 2.24) is 0 Å². The molecule has 0 fully saturated rings. The maximum absolute atomic E-state index is 6.22. The van der Waals surface area contributed by atoms with Crippen LogP contribution in [0.2, 0.25) is 5.02 Å². The van der Waals surface area contributed by atoms with Crippen LogP contribution in [0.3, 0.4) is 0 Å². The highest BCUT2D eigenvalue weighted by molar-refractivity contribution is 9.10. The molecular weight excluding hydrogens is 360 g/mol. The third-order valence-corrected chi connectivity index (χ3v) is 4.81. The van der Waals surface area contributed by atoms with Crippen LogP contribution in [0.15, 0.2) is 45.8 Å². The maximum atomic E-state index is 6.22. The van der Waals surface area contributed by atoms with Gasteiger partial charge < -0.3 is 9.47 Å². The zero-order valence-corrected chi connectivity index (χ0v) is 13.7. The number of halogens is 2. The molecule has 104 valence electrons. The van der Waals surface area contributed by atoms with Gasteiger partial charge in [0.15, 0.2) is 11.5 Å². The van der Waals surface area contributed by atoms with E-state index >= 15 is 0 Å². The van der Waals surface area contributed by atoms with Crippen molar-refractivity contribution in [3.8, 4) is 11.5 Å². The van der Waals surface area contributed by atoms with Gasteiger partial charge in [0, 0.05) is 20.1 Å². The second-order valence-corrected chi connectivity index (χ2v) is 6.70. The van der Waals surface area contributed by atoms with E-state index in [0.717, 1.165) is 37.2 Å². The maximum Gasteiger partial charge on any atom is 0.162 e. The molecule has 2 aromatic rings. The molecule has 0 N–H and O–H groups in total. The summed E-state index contributed by atoms with van der Waals surface area (Å²) in [5.41, 5.74) is 1.12. The van der Waals surface area contributed by atoms with Crippen molar-refractivity contribution < 1.29 is 9.47 Å². The Bertz CT molecular complexity index is 633. The first-order chi connectivity index (χ1) is 9.72. The predicted octanol–water partition coefficient (Wildman–Crippen LogP) is 5.17. The summed E-state index contributed by atoms with van der Waals surface area (Å²) in [7, 11) is 0. The highest BCUT2D eigenvalue weighted by Gasteiger charge is 2.12. The van der Waals surface area contributed by atoms with Crippen molar-refractivity contribution in [2.75, 3.05) is 13.2 Å². The molecule has 0 amide bonds. The molecule has 5 heteroatoms. The molecule has 0 aromatic heterocycles. The van der Waals surface area contributed by atoms with E-state index in [1.165, 1.54) is 0 Å². The lowest BCUT2D eigenvalue weighted by Crippen LogP contribution is -2.15. The molecule has 3 rings (SSSR count). The van der Waals surface area contributed by atoms with Gasteiger partial charge in [-0.15, -0.1) is 11.8 Å². The van der Waals surface area contributed by atoms with Gasteiger partial charge in [0.25, 0.3) is 0 Å². The quantitative estimate of drug-likeness (QED) is 0.694. The van der Waals surface area contributed by atoms with Crippen LogP contribution >= 0.6 is 39.3 Å². The van der Waals surface area contributed by atoms with E-state index in [1.807, 2.05) is 36.4 Å². The molecule has 20 heavy (non-hydrogen) atoms. The van der Waals surface area contributed by atoms with Crippen molar-refractivity contribution in [2.24, 2.45) is 0 Å². The molecule has 0 saturated carbocycles. The van der Waals surface area contributed by atoms with E-state index in [4.69, 9.17) is 21.1 Å². The molecule has 0 unspecified atom stereocenters. The van der Waals surface area contributed by atoms with Crippen LogP contribution in [-0.4, -0.2) is 13.2 Å². The minimum Gasteiger partial charge on any atom is -0.486 e. The van der Waals surface area contributed by atoms with Crippen molar-refractivity contribution in [3.05, 3.63) is 51.5 Å². The lowest BCUT2D eigenvalue weighted by Gasteiger charge is -2.18. The fraction of sp³-hybridized carbons (Fsp3) is 0.200. The largest absolute Gasteiger partial charge is 0.486 e. The van der Waals surface area contributed by atoms with Gasteiger partial charge in [-0.3, -0.25) is 0 Å². The molecular formula is C15H12BrClO2S. The topological polar surface area (TPSA) is 18.5 Å². The fourth-order valence-corrected chi connectivity index (χ4v) is 3.66. The Labute approximate surface area is 135 Å². The third-order valence-electron chi connectivity index (χ3n) is 2.92. The molecule has 0 spiro atoms. The second kappa shape index (κ2) is 6.29. The number of ether oxygens (including phenoxy) is 2. The van der Waals surface area contributed by atoms with E-state index < -0.39 is 0 Å². The molecule has 0 bridgehead atoms. The summed E-state index contributed by atoms with van der Waals surface area (Å²) in [6, 6.07) is 12.0. The molecule has 1 aliphatic rings. The van der Waals surface area contributed by atoms with Gasteiger partial charge in [-0.1, -0.05) is 33.6 Å². The molecule has 2 nitrogen and oxygen atoms in total. The van der Waals surface area contributed by atoms with Crippen LogP contribution in [0.1, 0.15) is 5.56 Å². The average molecular weight is 372 g/mol. The predicted molar refractivity (Wildman–Crippen MR) is 86.1 cm³/mol. The third kappa shape index (κ3) is 3.25. The van der Waals surface area contributed by atoms with Gasteiger partial charge in [-0.05, 0) is 35.9 Å². The zero-order valence-electron chi connectivity index (χ0n) is 10.6. The van der Waals surface area contributed by atoms with Crippen LogP contribution in [0.25, 0.3) is 0 Å². The molecule has 1 heterocycles. The van der Waals surface area contributed by atoms with E-state index in [2.05, 4.69) is 15.9 Å². The summed E-state index contributed by atoms with van der Waals surface area (Å²) in [4.78, 5) is 1.15. The highest BCUT2D eigenvalue weighted by atomic mass is 79.9. The van der Waals surface area contributed by atoms with E-state index in [9.17, 15) is 0 Å². The van der Waals surface area contributed by atoms with Crippen molar-refractivity contribution >= 4 is 39.3 Å². The summed E-state index contributed by atoms with van der Waals surface area (Å²) in [6.45, 7) is 1.23. The van der Waals surface area contributed by atoms with Crippen molar-refractivity contribution in [1.29, 1.82) is 0 Å². The van der Waals surface area contributed by atoms with Crippen molar-refractivity contribution in [3.63, 3.8) is 0 Å². The SMILES string of the molecule is Clc1cc(Br)ccc1CSc1ccc2c(c1)OCCO2. The number of benzene rings is 2. The van der Waals surface area contributed by atoms with Crippen LogP contribution in [0, 0.1) is 0 Å². The molecule has 0 saturated heterocycles. The van der Waals surface area contributed by atoms with Crippen LogP contribution < -0.4 is 9.47 Å². The van der Waals surface area contributed by atoms with E-state index in [-0.39, 0.29) is 0 Å². The Hall–Kier alpha value is -0.840. The Morgan fingerprint density at radius 3 is 2.65 bits per heavy atom.